The Bertz CT molecular complexity index is 657. The zero-order valence-electron chi connectivity index (χ0n) is 13.6. The summed E-state index contributed by atoms with van der Waals surface area (Å²) in [7, 11) is 1.44. The highest BCUT2D eigenvalue weighted by Gasteiger charge is 2.11. The number of aliphatic hydroxyl groups is 1. The first-order valence-corrected chi connectivity index (χ1v) is 7.86. The van der Waals surface area contributed by atoms with E-state index >= 15 is 0 Å². The normalized spacial score (nSPS) is 13.0. The fourth-order valence-electron chi connectivity index (χ4n) is 2.41. The number of aliphatic hydroxyl groups excluding tert-OH is 1. The van der Waals surface area contributed by atoms with E-state index in [0.717, 1.165) is 11.1 Å². The summed E-state index contributed by atoms with van der Waals surface area (Å²) in [5.41, 5.74) is 1.65. The molecule has 0 bridgehead atoms. The van der Waals surface area contributed by atoms with Gasteiger partial charge in [-0.15, -0.1) is 17.0 Å². The lowest BCUT2D eigenvalue weighted by molar-refractivity contribution is 0.170. The molecule has 2 aromatic rings. The second-order valence-corrected chi connectivity index (χ2v) is 5.99. The molecule has 0 fully saturated rings. The molecule has 0 radical (unpaired) electrons. The van der Waals surface area contributed by atoms with Crippen LogP contribution < -0.4 is 10.1 Å². The highest BCUT2D eigenvalue weighted by molar-refractivity contribution is 8.93. The van der Waals surface area contributed by atoms with Crippen LogP contribution in [0.1, 0.15) is 24.2 Å². The monoisotopic (exact) mass is 417 g/mol. The molecule has 132 valence electrons. The van der Waals surface area contributed by atoms with Gasteiger partial charge in [0.25, 0.3) is 0 Å². The van der Waals surface area contributed by atoms with Gasteiger partial charge in [0.05, 0.1) is 13.2 Å². The maximum Gasteiger partial charge on any atom is 0.165 e. The van der Waals surface area contributed by atoms with Crippen LogP contribution in [-0.2, 0) is 6.42 Å². The Morgan fingerprint density at radius 1 is 1.25 bits per heavy atom. The molecule has 0 aliphatic carbocycles. The smallest absolute Gasteiger partial charge is 0.165 e. The largest absolute Gasteiger partial charge is 0.494 e. The third kappa shape index (κ3) is 6.06. The van der Waals surface area contributed by atoms with Gasteiger partial charge in [0, 0.05) is 17.6 Å². The van der Waals surface area contributed by atoms with Gasteiger partial charge in [-0.25, -0.2) is 4.39 Å². The third-order valence-electron chi connectivity index (χ3n) is 3.65. The SMILES string of the molecule is Br.COc1ccc(C[C@@H](C)NC[C@H](O)c2cccc(Cl)c2)cc1F. The van der Waals surface area contributed by atoms with E-state index < -0.39 is 6.10 Å². The summed E-state index contributed by atoms with van der Waals surface area (Å²) in [5, 5.41) is 14.0. The molecule has 2 N–H and O–H groups in total. The number of benzene rings is 2. The first-order valence-electron chi connectivity index (χ1n) is 7.49. The molecule has 2 aromatic carbocycles. The van der Waals surface area contributed by atoms with Gasteiger partial charge in [-0.05, 0) is 48.7 Å². The molecule has 0 saturated carbocycles. The molecule has 0 aliphatic rings. The van der Waals surface area contributed by atoms with Gasteiger partial charge >= 0.3 is 0 Å². The number of halogens is 3. The minimum Gasteiger partial charge on any atom is -0.494 e. The molecule has 2 atom stereocenters. The van der Waals surface area contributed by atoms with Gasteiger partial charge < -0.3 is 15.2 Å². The maximum absolute atomic E-state index is 13.7. The molecule has 24 heavy (non-hydrogen) atoms. The Morgan fingerprint density at radius 2 is 2.00 bits per heavy atom. The molecule has 0 aliphatic heterocycles. The summed E-state index contributed by atoms with van der Waals surface area (Å²) in [6.07, 6.45) is 0.0205. The van der Waals surface area contributed by atoms with Crippen molar-refractivity contribution in [1.82, 2.24) is 5.32 Å². The van der Waals surface area contributed by atoms with Crippen molar-refractivity contribution in [3.05, 3.63) is 64.4 Å². The van der Waals surface area contributed by atoms with Gasteiger partial charge in [-0.2, -0.15) is 0 Å². The van der Waals surface area contributed by atoms with Gasteiger partial charge in [0.1, 0.15) is 0 Å². The molecule has 3 nitrogen and oxygen atoms in total. The zero-order chi connectivity index (χ0) is 16.8. The van der Waals surface area contributed by atoms with Crippen LogP contribution in [0.5, 0.6) is 5.75 Å². The van der Waals surface area contributed by atoms with Crippen LogP contribution in [-0.4, -0.2) is 24.8 Å². The number of hydrogen-bond acceptors (Lipinski definition) is 3. The lowest BCUT2D eigenvalue weighted by Crippen LogP contribution is -2.32. The zero-order valence-corrected chi connectivity index (χ0v) is 16.1. The molecule has 0 heterocycles. The lowest BCUT2D eigenvalue weighted by atomic mass is 10.1. The Morgan fingerprint density at radius 3 is 2.62 bits per heavy atom. The molecule has 0 spiro atoms. The van der Waals surface area contributed by atoms with E-state index in [1.165, 1.54) is 13.2 Å². The number of rotatable bonds is 7. The standard InChI is InChI=1S/C18H21ClFNO2.BrH/c1-12(8-13-6-7-18(23-2)16(20)9-13)21-11-17(22)14-4-3-5-15(19)10-14;/h3-7,9-10,12,17,21-22H,8,11H2,1-2H3;1H/t12-,17+;/m1./s1. The minimum absolute atomic E-state index is 0. The molecule has 0 unspecified atom stereocenters. The summed E-state index contributed by atoms with van der Waals surface area (Å²) in [4.78, 5) is 0. The topological polar surface area (TPSA) is 41.5 Å². The second-order valence-electron chi connectivity index (χ2n) is 5.55. The predicted molar refractivity (Wildman–Crippen MR) is 101 cm³/mol. The van der Waals surface area contributed by atoms with Crippen molar-refractivity contribution in [3.8, 4) is 5.75 Å². The first kappa shape index (κ1) is 20.9. The highest BCUT2D eigenvalue weighted by atomic mass is 79.9. The maximum atomic E-state index is 13.7. The summed E-state index contributed by atoms with van der Waals surface area (Å²) in [6.45, 7) is 2.40. The molecule has 0 saturated heterocycles. The van der Waals surface area contributed by atoms with E-state index in [4.69, 9.17) is 16.3 Å². The van der Waals surface area contributed by atoms with E-state index in [0.29, 0.717) is 18.0 Å². The minimum atomic E-state index is -0.635. The first-order chi connectivity index (χ1) is 11.0. The van der Waals surface area contributed by atoms with Crippen molar-refractivity contribution >= 4 is 28.6 Å². The molecular weight excluding hydrogens is 397 g/mol. The van der Waals surface area contributed by atoms with Crippen LogP contribution in [0.25, 0.3) is 0 Å². The van der Waals surface area contributed by atoms with Gasteiger partial charge in [0.2, 0.25) is 0 Å². The summed E-state index contributed by atoms with van der Waals surface area (Å²) in [6, 6.07) is 12.2. The Hall–Kier alpha value is -1.14. The van der Waals surface area contributed by atoms with Crippen LogP contribution in [0.15, 0.2) is 42.5 Å². The Kier molecular flexibility index (Phi) is 8.70. The number of methoxy groups -OCH3 is 1. The summed E-state index contributed by atoms with van der Waals surface area (Å²) >= 11 is 5.92. The van der Waals surface area contributed by atoms with Crippen molar-refractivity contribution in [2.24, 2.45) is 0 Å². The van der Waals surface area contributed by atoms with Gasteiger partial charge in [-0.3, -0.25) is 0 Å². The molecule has 0 aromatic heterocycles. The third-order valence-corrected chi connectivity index (χ3v) is 3.89. The van der Waals surface area contributed by atoms with Gasteiger partial charge in [-0.1, -0.05) is 29.8 Å². The summed E-state index contributed by atoms with van der Waals surface area (Å²) < 4.78 is 18.6. The fourth-order valence-corrected chi connectivity index (χ4v) is 2.61. The lowest BCUT2D eigenvalue weighted by Gasteiger charge is -2.18. The van der Waals surface area contributed by atoms with E-state index in [-0.39, 0.29) is 34.6 Å². The average molecular weight is 419 g/mol. The quantitative estimate of drug-likeness (QED) is 0.703. The fraction of sp³-hybridized carbons (Fsp3) is 0.333. The van der Waals surface area contributed by atoms with Crippen molar-refractivity contribution < 1.29 is 14.2 Å². The average Bonchev–Trinajstić information content (AvgIpc) is 2.53. The van der Waals surface area contributed by atoms with Crippen molar-refractivity contribution in [2.45, 2.75) is 25.5 Å². The Labute approximate surface area is 157 Å². The van der Waals surface area contributed by atoms with Crippen molar-refractivity contribution in [3.63, 3.8) is 0 Å². The number of hydrogen-bond donors (Lipinski definition) is 2. The van der Waals surface area contributed by atoms with Crippen LogP contribution in [0.3, 0.4) is 0 Å². The Balaban J connectivity index is 0.00000288. The second kappa shape index (κ2) is 9.99. The van der Waals surface area contributed by atoms with Crippen molar-refractivity contribution in [2.75, 3.05) is 13.7 Å². The van der Waals surface area contributed by atoms with Crippen molar-refractivity contribution in [1.29, 1.82) is 0 Å². The van der Waals surface area contributed by atoms with E-state index in [1.807, 2.05) is 25.1 Å². The number of nitrogens with one attached hydrogen (secondary N) is 1. The van der Waals surface area contributed by atoms with Crippen LogP contribution in [0, 0.1) is 5.82 Å². The highest BCUT2D eigenvalue weighted by Crippen LogP contribution is 2.19. The molecule has 0 amide bonds. The predicted octanol–water partition coefficient (Wildman–Crippen LogP) is 4.32. The number of ether oxygens (including phenoxy) is 1. The molecule has 2 rings (SSSR count). The van der Waals surface area contributed by atoms with Crippen LogP contribution in [0.2, 0.25) is 5.02 Å². The molecular formula is C18H22BrClFNO2. The van der Waals surface area contributed by atoms with E-state index in [2.05, 4.69) is 5.32 Å². The van der Waals surface area contributed by atoms with E-state index in [9.17, 15) is 9.50 Å². The van der Waals surface area contributed by atoms with Gasteiger partial charge in [0.15, 0.2) is 11.6 Å². The van der Waals surface area contributed by atoms with Crippen LogP contribution >= 0.6 is 28.6 Å². The van der Waals surface area contributed by atoms with E-state index in [1.54, 1.807) is 18.2 Å². The van der Waals surface area contributed by atoms with Crippen LogP contribution in [0.4, 0.5) is 4.39 Å². The molecule has 6 heteroatoms. The summed E-state index contributed by atoms with van der Waals surface area (Å²) in [5.74, 6) is -0.123.